The van der Waals surface area contributed by atoms with E-state index in [0.717, 1.165) is 11.8 Å². The highest BCUT2D eigenvalue weighted by molar-refractivity contribution is 5.24. The summed E-state index contributed by atoms with van der Waals surface area (Å²) in [5, 5.41) is 0. The van der Waals surface area contributed by atoms with E-state index in [1.54, 1.807) is 11.1 Å². The van der Waals surface area contributed by atoms with E-state index >= 15 is 0 Å². The van der Waals surface area contributed by atoms with Gasteiger partial charge in [-0.1, -0.05) is 37.6 Å². The lowest BCUT2D eigenvalue weighted by Crippen LogP contribution is -2.31. The molecule has 0 radical (unpaired) electrons. The molecule has 0 aromatic heterocycles. The monoisotopic (exact) mass is 204 g/mol. The molecule has 0 N–H and O–H groups in total. The highest BCUT2D eigenvalue weighted by Gasteiger charge is 2.46. The second-order valence-electron chi connectivity index (χ2n) is 5.90. The van der Waals surface area contributed by atoms with Crippen molar-refractivity contribution in [1.82, 2.24) is 0 Å². The summed E-state index contributed by atoms with van der Waals surface area (Å²) in [5.74, 6) is 1.70. The van der Waals surface area contributed by atoms with Gasteiger partial charge in [-0.25, -0.2) is 0 Å². The number of allylic oxidation sites excluding steroid dienone is 3. The normalized spacial score (nSPS) is 36.4. The molecule has 0 saturated heterocycles. The van der Waals surface area contributed by atoms with Crippen LogP contribution in [0.15, 0.2) is 23.8 Å². The molecule has 84 valence electrons. The van der Waals surface area contributed by atoms with Crippen molar-refractivity contribution in [2.75, 3.05) is 0 Å². The standard InChI is InChI=1S/C15H24/c1-11(2)14-6-5-13(4)15(14)9-7-12(3)8-10-15/h7,11,14H,4-6,8-10H2,1-3H3/t14-,15?/m0/s1. The van der Waals surface area contributed by atoms with Crippen molar-refractivity contribution in [2.24, 2.45) is 17.3 Å². The molecule has 0 aromatic rings. The van der Waals surface area contributed by atoms with Crippen LogP contribution in [0, 0.1) is 17.3 Å². The van der Waals surface area contributed by atoms with Crippen molar-refractivity contribution in [2.45, 2.75) is 52.9 Å². The molecule has 2 aliphatic rings. The third-order valence-corrected chi connectivity index (χ3v) is 4.76. The quantitative estimate of drug-likeness (QED) is 0.542. The smallest absolute Gasteiger partial charge is 0.00224 e. The van der Waals surface area contributed by atoms with Gasteiger partial charge in [0.2, 0.25) is 0 Å². The maximum absolute atomic E-state index is 4.36. The maximum Gasteiger partial charge on any atom is -0.00224 e. The lowest BCUT2D eigenvalue weighted by molar-refractivity contribution is 0.169. The van der Waals surface area contributed by atoms with Gasteiger partial charge in [0.1, 0.15) is 0 Å². The van der Waals surface area contributed by atoms with E-state index in [0.29, 0.717) is 5.41 Å². The summed E-state index contributed by atoms with van der Waals surface area (Å²) in [5.41, 5.74) is 3.61. The van der Waals surface area contributed by atoms with Gasteiger partial charge in [-0.15, -0.1) is 0 Å². The van der Waals surface area contributed by atoms with E-state index in [4.69, 9.17) is 0 Å². The molecule has 0 heterocycles. The molecule has 0 nitrogen and oxygen atoms in total. The largest absolute Gasteiger partial charge is 0.0993 e. The van der Waals surface area contributed by atoms with Crippen LogP contribution < -0.4 is 0 Å². The van der Waals surface area contributed by atoms with Crippen LogP contribution in [-0.4, -0.2) is 0 Å². The Balaban J connectivity index is 2.27. The molecule has 1 fully saturated rings. The van der Waals surface area contributed by atoms with Crippen molar-refractivity contribution in [3.05, 3.63) is 23.8 Å². The first-order valence-corrected chi connectivity index (χ1v) is 6.40. The topological polar surface area (TPSA) is 0 Å². The Morgan fingerprint density at radius 3 is 2.67 bits per heavy atom. The van der Waals surface area contributed by atoms with Crippen molar-refractivity contribution in [3.63, 3.8) is 0 Å². The predicted octanol–water partition coefficient (Wildman–Crippen LogP) is 4.73. The Bertz CT molecular complexity index is 295. The van der Waals surface area contributed by atoms with E-state index in [-0.39, 0.29) is 0 Å². The van der Waals surface area contributed by atoms with Gasteiger partial charge < -0.3 is 0 Å². The van der Waals surface area contributed by atoms with Gasteiger partial charge in [-0.3, -0.25) is 0 Å². The molecule has 2 atom stereocenters. The van der Waals surface area contributed by atoms with Crippen LogP contribution >= 0.6 is 0 Å². The van der Waals surface area contributed by atoms with Crippen LogP contribution in [0.1, 0.15) is 52.9 Å². The molecule has 0 amide bonds. The summed E-state index contributed by atoms with van der Waals surface area (Å²) in [6.07, 6.45) is 9.04. The molecule has 1 unspecified atom stereocenters. The fourth-order valence-corrected chi connectivity index (χ4v) is 3.73. The average Bonchev–Trinajstić information content (AvgIpc) is 2.50. The second-order valence-corrected chi connectivity index (χ2v) is 5.90. The van der Waals surface area contributed by atoms with Crippen molar-refractivity contribution in [1.29, 1.82) is 0 Å². The summed E-state index contributed by atoms with van der Waals surface area (Å²) >= 11 is 0. The van der Waals surface area contributed by atoms with Crippen LogP contribution in [0.4, 0.5) is 0 Å². The first-order chi connectivity index (χ1) is 7.06. The van der Waals surface area contributed by atoms with Crippen LogP contribution in [0.3, 0.4) is 0 Å². The summed E-state index contributed by atoms with van der Waals surface area (Å²) in [4.78, 5) is 0. The Hall–Kier alpha value is -0.520. The van der Waals surface area contributed by atoms with E-state index in [9.17, 15) is 0 Å². The lowest BCUT2D eigenvalue weighted by Gasteiger charge is -2.41. The molecule has 0 aromatic carbocycles. The van der Waals surface area contributed by atoms with Gasteiger partial charge >= 0.3 is 0 Å². The minimum absolute atomic E-state index is 0.480. The van der Waals surface area contributed by atoms with E-state index in [1.165, 1.54) is 32.1 Å². The van der Waals surface area contributed by atoms with Gasteiger partial charge in [-0.05, 0) is 56.3 Å². The van der Waals surface area contributed by atoms with Crippen LogP contribution in [0.2, 0.25) is 0 Å². The third-order valence-electron chi connectivity index (χ3n) is 4.76. The zero-order chi connectivity index (χ0) is 11.1. The first-order valence-electron chi connectivity index (χ1n) is 6.40. The number of hydrogen-bond acceptors (Lipinski definition) is 0. The second kappa shape index (κ2) is 3.81. The zero-order valence-electron chi connectivity index (χ0n) is 10.5. The summed E-state index contributed by atoms with van der Waals surface area (Å²) in [7, 11) is 0. The fourth-order valence-electron chi connectivity index (χ4n) is 3.73. The fraction of sp³-hybridized carbons (Fsp3) is 0.733. The van der Waals surface area contributed by atoms with E-state index in [2.05, 4.69) is 33.4 Å². The van der Waals surface area contributed by atoms with E-state index < -0.39 is 0 Å². The Morgan fingerprint density at radius 1 is 1.40 bits per heavy atom. The Labute approximate surface area is 94.5 Å². The van der Waals surface area contributed by atoms with Gasteiger partial charge in [0.05, 0.1) is 0 Å². The van der Waals surface area contributed by atoms with Gasteiger partial charge in [0, 0.05) is 0 Å². The molecule has 2 aliphatic carbocycles. The molecule has 0 aliphatic heterocycles. The molecule has 0 bridgehead atoms. The van der Waals surface area contributed by atoms with Gasteiger partial charge in [-0.2, -0.15) is 0 Å². The number of rotatable bonds is 1. The van der Waals surface area contributed by atoms with Crippen molar-refractivity contribution >= 4 is 0 Å². The average molecular weight is 204 g/mol. The van der Waals surface area contributed by atoms with E-state index in [1.807, 2.05) is 0 Å². The van der Waals surface area contributed by atoms with Crippen molar-refractivity contribution < 1.29 is 0 Å². The highest BCUT2D eigenvalue weighted by atomic mass is 14.5. The summed E-state index contributed by atoms with van der Waals surface area (Å²) in [6.45, 7) is 11.4. The summed E-state index contributed by atoms with van der Waals surface area (Å²) in [6, 6.07) is 0. The SMILES string of the molecule is C=C1CC[C@@H](C(C)C)C12CC=C(C)CC2. The highest BCUT2D eigenvalue weighted by Crippen LogP contribution is 2.57. The Kier molecular flexibility index (Phi) is 2.79. The molecular formula is C15H24. The van der Waals surface area contributed by atoms with Crippen LogP contribution in [0.25, 0.3) is 0 Å². The van der Waals surface area contributed by atoms with Gasteiger partial charge in [0.15, 0.2) is 0 Å². The van der Waals surface area contributed by atoms with Crippen LogP contribution in [-0.2, 0) is 0 Å². The predicted molar refractivity (Wildman–Crippen MR) is 66.7 cm³/mol. The third kappa shape index (κ3) is 1.68. The summed E-state index contributed by atoms with van der Waals surface area (Å²) < 4.78 is 0. The molecule has 0 heteroatoms. The zero-order valence-corrected chi connectivity index (χ0v) is 10.5. The lowest BCUT2D eigenvalue weighted by atomic mass is 9.64. The molecule has 1 saturated carbocycles. The molecule has 2 rings (SSSR count). The maximum atomic E-state index is 4.36. The van der Waals surface area contributed by atoms with Crippen LogP contribution in [0.5, 0.6) is 0 Å². The van der Waals surface area contributed by atoms with Crippen molar-refractivity contribution in [3.8, 4) is 0 Å². The first kappa shape index (κ1) is 11.0. The molecule has 1 spiro atoms. The minimum atomic E-state index is 0.480. The molecule has 15 heavy (non-hydrogen) atoms. The van der Waals surface area contributed by atoms with Gasteiger partial charge in [0.25, 0.3) is 0 Å². The minimum Gasteiger partial charge on any atom is -0.0993 e. The molecular weight excluding hydrogens is 180 g/mol. The number of hydrogen-bond donors (Lipinski definition) is 0. The Morgan fingerprint density at radius 2 is 2.13 bits per heavy atom.